The number of nitro benzene ring substituents is 1. The molecule has 0 atom stereocenters. The third kappa shape index (κ3) is 1.08. The van der Waals surface area contributed by atoms with E-state index in [1.165, 1.54) is 6.07 Å². The van der Waals surface area contributed by atoms with Gasteiger partial charge in [-0.15, -0.1) is 4.59 Å². The van der Waals surface area contributed by atoms with E-state index in [1.807, 2.05) is 14.1 Å². The Morgan fingerprint density at radius 1 is 1.43 bits per heavy atom. The lowest BCUT2D eigenvalue weighted by molar-refractivity contribution is -0.384. The molecule has 0 amide bonds. The Hall–Kier alpha value is -1.82. The van der Waals surface area contributed by atoms with Gasteiger partial charge < -0.3 is 0 Å². The van der Waals surface area contributed by atoms with E-state index >= 15 is 0 Å². The Bertz CT molecular complexity index is 439. The minimum absolute atomic E-state index is 0.00921. The predicted molar refractivity (Wildman–Crippen MR) is 51.3 cm³/mol. The summed E-state index contributed by atoms with van der Waals surface area (Å²) in [6, 6.07) is 4.87. The van der Waals surface area contributed by atoms with E-state index in [-0.39, 0.29) is 10.3 Å². The van der Waals surface area contributed by atoms with Crippen LogP contribution in [-0.4, -0.2) is 19.0 Å². The summed E-state index contributed by atoms with van der Waals surface area (Å²) >= 11 is 0. The third-order valence-corrected chi connectivity index (χ3v) is 2.15. The summed E-state index contributed by atoms with van der Waals surface area (Å²) in [5, 5.41) is 18.4. The van der Waals surface area contributed by atoms with E-state index < -0.39 is 4.92 Å². The molecule has 1 heterocycles. The van der Waals surface area contributed by atoms with Crippen LogP contribution in [0.25, 0.3) is 0 Å². The van der Waals surface area contributed by atoms with Gasteiger partial charge in [0.25, 0.3) is 0 Å². The largest absolute Gasteiger partial charge is 0.303 e. The Morgan fingerprint density at radius 2 is 2.14 bits per heavy atom. The van der Waals surface area contributed by atoms with Gasteiger partial charge in [0, 0.05) is 17.4 Å². The van der Waals surface area contributed by atoms with Crippen molar-refractivity contribution in [3.63, 3.8) is 0 Å². The fourth-order valence-electron chi connectivity index (χ4n) is 1.42. The molecule has 0 bridgehead atoms. The minimum atomic E-state index is -0.441. The van der Waals surface area contributed by atoms with Crippen molar-refractivity contribution in [2.45, 2.75) is 0 Å². The van der Waals surface area contributed by atoms with Crippen LogP contribution in [0.15, 0.2) is 28.5 Å². The molecule has 0 spiro atoms. The van der Waals surface area contributed by atoms with E-state index in [0.29, 0.717) is 5.69 Å². The summed E-state index contributed by atoms with van der Waals surface area (Å²) in [6.07, 6.45) is 0. The van der Waals surface area contributed by atoms with Crippen molar-refractivity contribution in [3.05, 3.63) is 28.3 Å². The molecule has 1 aliphatic heterocycles. The fourth-order valence-corrected chi connectivity index (χ4v) is 1.42. The number of fused-ring (bicyclic) bond motifs is 1. The minimum Gasteiger partial charge on any atom is -0.258 e. The summed E-state index contributed by atoms with van der Waals surface area (Å²) in [7, 11) is 3.64. The molecule has 0 N–H and O–H groups in total. The zero-order chi connectivity index (χ0) is 10.3. The number of nitrogens with zero attached hydrogens (tertiary/aromatic N) is 4. The zero-order valence-electron chi connectivity index (χ0n) is 7.84. The highest BCUT2D eigenvalue weighted by Crippen LogP contribution is 2.44. The molecule has 0 unspecified atom stereocenters. The molecule has 0 radical (unpaired) electrons. The molecule has 1 aromatic carbocycles. The Balaban J connectivity index is 2.67. The van der Waals surface area contributed by atoms with Gasteiger partial charge in [0.1, 0.15) is 0 Å². The van der Waals surface area contributed by atoms with E-state index in [0.717, 1.165) is 5.69 Å². The number of quaternary nitrogens is 1. The zero-order valence-corrected chi connectivity index (χ0v) is 7.84. The maximum absolute atomic E-state index is 10.7. The second-order valence-electron chi connectivity index (χ2n) is 3.49. The Kier molecular flexibility index (Phi) is 1.62. The summed E-state index contributed by atoms with van der Waals surface area (Å²) in [5.74, 6) is 0. The van der Waals surface area contributed by atoms with E-state index in [2.05, 4.69) is 10.3 Å². The van der Waals surface area contributed by atoms with Gasteiger partial charge in [0.2, 0.25) is 5.69 Å². The Morgan fingerprint density at radius 3 is 2.79 bits per heavy atom. The van der Waals surface area contributed by atoms with Crippen LogP contribution in [0, 0.1) is 10.1 Å². The number of rotatable bonds is 1. The van der Waals surface area contributed by atoms with Crippen molar-refractivity contribution in [2.75, 3.05) is 14.1 Å². The summed E-state index contributed by atoms with van der Waals surface area (Å²) in [4.78, 5) is 10.2. The first-order valence-corrected chi connectivity index (χ1v) is 4.07. The molecule has 6 nitrogen and oxygen atoms in total. The molecule has 0 saturated heterocycles. The van der Waals surface area contributed by atoms with Crippen LogP contribution in [0.4, 0.5) is 17.1 Å². The molecular formula is C8H9N4O2+. The molecule has 0 aromatic heterocycles. The molecule has 0 saturated carbocycles. The van der Waals surface area contributed by atoms with Crippen molar-refractivity contribution in [1.82, 2.24) is 4.59 Å². The van der Waals surface area contributed by atoms with Gasteiger partial charge in [-0.1, -0.05) is 5.11 Å². The van der Waals surface area contributed by atoms with Gasteiger partial charge >= 0.3 is 5.69 Å². The first-order valence-electron chi connectivity index (χ1n) is 4.07. The van der Waals surface area contributed by atoms with Crippen LogP contribution in [0.5, 0.6) is 0 Å². The highest BCUT2D eigenvalue weighted by molar-refractivity contribution is 5.75. The third-order valence-electron chi connectivity index (χ3n) is 2.15. The van der Waals surface area contributed by atoms with Crippen molar-refractivity contribution in [1.29, 1.82) is 0 Å². The highest BCUT2D eigenvalue weighted by Gasteiger charge is 2.35. The first-order chi connectivity index (χ1) is 6.52. The van der Waals surface area contributed by atoms with Crippen LogP contribution in [-0.2, 0) is 0 Å². The van der Waals surface area contributed by atoms with E-state index in [4.69, 9.17) is 0 Å². The molecule has 14 heavy (non-hydrogen) atoms. The summed E-state index contributed by atoms with van der Waals surface area (Å²) < 4.78 is 0.205. The van der Waals surface area contributed by atoms with Gasteiger partial charge in [-0.25, -0.2) is 0 Å². The lowest BCUT2D eigenvalue weighted by atomic mass is 10.2. The second kappa shape index (κ2) is 2.58. The smallest absolute Gasteiger partial charge is 0.258 e. The molecule has 2 rings (SSSR count). The van der Waals surface area contributed by atoms with Crippen LogP contribution < -0.4 is 4.59 Å². The van der Waals surface area contributed by atoms with Crippen LogP contribution in [0.3, 0.4) is 0 Å². The van der Waals surface area contributed by atoms with Crippen LogP contribution >= 0.6 is 0 Å². The quantitative estimate of drug-likeness (QED) is 0.389. The maximum Gasteiger partial charge on any atom is 0.303 e. The summed E-state index contributed by atoms with van der Waals surface area (Å²) in [6.45, 7) is 0. The average molecular weight is 193 g/mol. The molecule has 6 heteroatoms. The van der Waals surface area contributed by atoms with Crippen molar-refractivity contribution in [3.8, 4) is 0 Å². The molecule has 0 aliphatic carbocycles. The predicted octanol–water partition coefficient (Wildman–Crippen LogP) is 2.17. The normalized spacial score (nSPS) is 16.7. The standard InChI is InChI=1S/C8H9N4O2/c1-12(2)7-5-3-4-6(11(13)14)8(7)9-10-12/h3-5H,1-2H3/q+1. The average Bonchev–Trinajstić information content (AvgIpc) is 2.42. The van der Waals surface area contributed by atoms with Crippen molar-refractivity contribution in [2.24, 2.45) is 10.3 Å². The monoisotopic (exact) mass is 193 g/mol. The number of benzene rings is 1. The van der Waals surface area contributed by atoms with Crippen molar-refractivity contribution < 1.29 is 4.92 Å². The first kappa shape index (κ1) is 8.76. The number of hydrogen-bond donors (Lipinski definition) is 0. The van der Waals surface area contributed by atoms with Gasteiger partial charge in [-0.3, -0.25) is 10.1 Å². The fraction of sp³-hybridized carbons (Fsp3) is 0.250. The molecule has 0 fully saturated rings. The van der Waals surface area contributed by atoms with E-state index in [9.17, 15) is 10.1 Å². The summed E-state index contributed by atoms with van der Waals surface area (Å²) in [5.41, 5.74) is 1.12. The number of hydrogen-bond acceptors (Lipinski definition) is 4. The topological polar surface area (TPSA) is 67.9 Å². The van der Waals surface area contributed by atoms with Crippen LogP contribution in [0.2, 0.25) is 0 Å². The van der Waals surface area contributed by atoms with Crippen LogP contribution in [0.1, 0.15) is 0 Å². The van der Waals surface area contributed by atoms with Gasteiger partial charge in [-0.2, -0.15) is 0 Å². The molecular weight excluding hydrogens is 184 g/mol. The highest BCUT2D eigenvalue weighted by atomic mass is 16.6. The lowest BCUT2D eigenvalue weighted by Gasteiger charge is -2.14. The molecule has 1 aliphatic rings. The van der Waals surface area contributed by atoms with Gasteiger partial charge in [0.15, 0.2) is 5.69 Å². The van der Waals surface area contributed by atoms with Crippen molar-refractivity contribution >= 4 is 17.1 Å². The van der Waals surface area contributed by atoms with E-state index in [1.54, 1.807) is 12.1 Å². The maximum atomic E-state index is 10.7. The SMILES string of the molecule is C[N+]1(C)N=Nc2c([N+](=O)[O-])cccc21. The number of nitro groups is 1. The molecule has 1 aromatic rings. The Labute approximate surface area is 80.2 Å². The molecule has 72 valence electrons. The lowest BCUT2D eigenvalue weighted by Crippen LogP contribution is -2.30. The van der Waals surface area contributed by atoms with Gasteiger partial charge in [-0.05, 0) is 6.07 Å². The second-order valence-corrected chi connectivity index (χ2v) is 3.49. The van der Waals surface area contributed by atoms with Gasteiger partial charge in [0.05, 0.1) is 19.0 Å².